The Bertz CT molecular complexity index is 432. The summed E-state index contributed by atoms with van der Waals surface area (Å²) < 4.78 is 5.23. The topological polar surface area (TPSA) is 26.0 Å². The van der Waals surface area contributed by atoms with E-state index < -0.39 is 0 Å². The maximum Gasteiger partial charge on any atom is 0.103 e. The maximum atomic E-state index is 5.23. The van der Waals surface area contributed by atoms with Gasteiger partial charge in [-0.15, -0.1) is 0 Å². The van der Waals surface area contributed by atoms with E-state index in [4.69, 9.17) is 4.42 Å². The van der Waals surface area contributed by atoms with Crippen LogP contribution in [-0.2, 0) is 32.7 Å². The van der Waals surface area contributed by atoms with Gasteiger partial charge in [0.2, 0.25) is 0 Å². The van der Waals surface area contributed by atoms with Crippen LogP contribution in [0.4, 0.5) is 0 Å². The molecule has 2 rings (SSSR count). The average molecular weight is 279 g/mol. The van der Waals surface area contributed by atoms with Crippen molar-refractivity contribution in [2.75, 3.05) is 0 Å². The van der Waals surface area contributed by atoms with Crippen molar-refractivity contribution in [3.63, 3.8) is 0 Å². The molecule has 79 valence electrons. The van der Waals surface area contributed by atoms with Gasteiger partial charge in [-0.25, -0.2) is 0 Å². The summed E-state index contributed by atoms with van der Waals surface area (Å²) in [5.74, 6) is 0. The molecule has 3 heteroatoms. The predicted molar refractivity (Wildman–Crippen MR) is 58.5 cm³/mol. The fourth-order valence-electron chi connectivity index (χ4n) is 1.63. The molecule has 0 N–H and O–H groups in total. The predicted octanol–water partition coefficient (Wildman–Crippen LogP) is 3.50. The number of fused-ring (bicyclic) bond motifs is 1. The molecule has 0 saturated heterocycles. The third kappa shape index (κ3) is 2.16. The van der Waals surface area contributed by atoms with E-state index in [2.05, 4.69) is 39.1 Å². The zero-order valence-corrected chi connectivity index (χ0v) is 11.8. The van der Waals surface area contributed by atoms with Crippen molar-refractivity contribution in [1.82, 2.24) is 4.98 Å². The Hall–Kier alpha value is -0.206. The summed E-state index contributed by atoms with van der Waals surface area (Å²) in [5, 5.41) is 0. The van der Waals surface area contributed by atoms with E-state index in [0.717, 1.165) is 11.1 Å². The van der Waals surface area contributed by atoms with Gasteiger partial charge in [-0.2, -0.15) is 0 Å². The van der Waals surface area contributed by atoms with Gasteiger partial charge in [0.05, 0.1) is 0 Å². The summed E-state index contributed by atoms with van der Waals surface area (Å²) in [4.78, 5) is 4.09. The molecule has 0 amide bonds. The minimum absolute atomic E-state index is 0. The van der Waals surface area contributed by atoms with Crippen LogP contribution in [-0.4, -0.2) is 4.98 Å². The molecular weight excluding hydrogens is 263 g/mol. The molecule has 0 fully saturated rings. The van der Waals surface area contributed by atoms with Crippen LogP contribution in [0.3, 0.4) is 0 Å². The molecule has 1 radical (unpaired) electrons. The molecule has 2 nitrogen and oxygen atoms in total. The number of benzene rings is 1. The summed E-state index contributed by atoms with van der Waals surface area (Å²) in [5.41, 5.74) is 6.78. The SMILES string of the molecule is C.Cc1c(C)c(C)c2o[c-]nc2c1C.[Y]. The fourth-order valence-corrected chi connectivity index (χ4v) is 1.63. The molecule has 15 heavy (non-hydrogen) atoms. The second-order valence-electron chi connectivity index (χ2n) is 3.48. The quantitative estimate of drug-likeness (QED) is 0.690. The average Bonchev–Trinajstić information content (AvgIpc) is 2.59. The molecule has 0 bridgehead atoms. The van der Waals surface area contributed by atoms with Crippen LogP contribution < -0.4 is 0 Å². The van der Waals surface area contributed by atoms with E-state index in [1.54, 1.807) is 0 Å². The van der Waals surface area contributed by atoms with Crippen LogP contribution in [0.5, 0.6) is 0 Å². The van der Waals surface area contributed by atoms with Crippen LogP contribution >= 0.6 is 0 Å². The Morgan fingerprint density at radius 1 is 0.933 bits per heavy atom. The number of hydrogen-bond donors (Lipinski definition) is 0. The fraction of sp³-hybridized carbons (Fsp3) is 0.417. The van der Waals surface area contributed by atoms with Gasteiger partial charge < -0.3 is 9.40 Å². The van der Waals surface area contributed by atoms with E-state index in [1.807, 2.05) is 0 Å². The van der Waals surface area contributed by atoms with Crippen LogP contribution in [0.15, 0.2) is 4.42 Å². The maximum absolute atomic E-state index is 5.23. The Morgan fingerprint density at radius 3 is 2.07 bits per heavy atom. The van der Waals surface area contributed by atoms with Gasteiger partial charge in [0.15, 0.2) is 0 Å². The van der Waals surface area contributed by atoms with Crippen molar-refractivity contribution in [2.24, 2.45) is 0 Å². The summed E-state index contributed by atoms with van der Waals surface area (Å²) >= 11 is 0. The number of rotatable bonds is 0. The first-order chi connectivity index (χ1) is 6.13. The van der Waals surface area contributed by atoms with Gasteiger partial charge in [-0.3, -0.25) is 0 Å². The minimum Gasteiger partial charge on any atom is -0.573 e. The van der Waals surface area contributed by atoms with Gasteiger partial charge in [0.25, 0.3) is 0 Å². The molecule has 0 unspecified atom stereocenters. The Kier molecular flexibility index (Phi) is 5.15. The van der Waals surface area contributed by atoms with Crippen LogP contribution in [0.25, 0.3) is 11.1 Å². The van der Waals surface area contributed by atoms with E-state index in [1.165, 1.54) is 22.3 Å². The molecule has 0 saturated carbocycles. The molecule has 0 atom stereocenters. The molecule has 0 aliphatic carbocycles. The first-order valence-corrected chi connectivity index (χ1v) is 4.36. The van der Waals surface area contributed by atoms with E-state index in [9.17, 15) is 0 Å². The molecule has 0 aliphatic rings. The number of hydrogen-bond acceptors (Lipinski definition) is 2. The van der Waals surface area contributed by atoms with E-state index >= 15 is 0 Å². The van der Waals surface area contributed by atoms with Gasteiger partial charge in [-0.05, 0) is 38.8 Å². The summed E-state index contributed by atoms with van der Waals surface area (Å²) in [7, 11) is 0. The molecule has 0 spiro atoms. The van der Waals surface area contributed by atoms with Crippen molar-refractivity contribution in [3.8, 4) is 0 Å². The largest absolute Gasteiger partial charge is 0.573 e. The van der Waals surface area contributed by atoms with Gasteiger partial charge in [0, 0.05) is 32.7 Å². The van der Waals surface area contributed by atoms with E-state index in [0.29, 0.717) is 0 Å². The molecule has 0 aliphatic heterocycles. The monoisotopic (exact) mass is 279 g/mol. The standard InChI is InChI=1S/C11H12NO.CH4.Y/c1-6-7(2)9(4)11-10(8(6)3)12-5-13-11;;/h1-4H3;1H4;/q-1;;. The molecule has 1 aromatic heterocycles. The van der Waals surface area contributed by atoms with Crippen LogP contribution in [0, 0.1) is 34.1 Å². The van der Waals surface area contributed by atoms with Crippen LogP contribution in [0.2, 0.25) is 0 Å². The number of oxazole rings is 1. The first-order valence-electron chi connectivity index (χ1n) is 4.36. The number of aryl methyl sites for hydroxylation is 2. The number of nitrogens with zero attached hydrogens (tertiary/aromatic N) is 1. The third-order valence-electron chi connectivity index (χ3n) is 2.90. The number of aromatic nitrogens is 1. The zero-order valence-electron chi connectivity index (χ0n) is 8.93. The van der Waals surface area contributed by atoms with Gasteiger partial charge in [-0.1, -0.05) is 29.7 Å². The second kappa shape index (κ2) is 5.22. The van der Waals surface area contributed by atoms with Crippen molar-refractivity contribution in [1.29, 1.82) is 0 Å². The Balaban J connectivity index is 0.000000980. The van der Waals surface area contributed by atoms with Crippen molar-refractivity contribution >= 4 is 11.1 Å². The Morgan fingerprint density at radius 2 is 1.47 bits per heavy atom. The smallest absolute Gasteiger partial charge is 0.103 e. The first kappa shape index (κ1) is 14.8. The minimum atomic E-state index is 0. The van der Waals surface area contributed by atoms with Crippen molar-refractivity contribution < 1.29 is 37.1 Å². The van der Waals surface area contributed by atoms with Gasteiger partial charge >= 0.3 is 0 Å². The summed E-state index contributed by atoms with van der Waals surface area (Å²) in [6.07, 6.45) is 2.55. The second-order valence-corrected chi connectivity index (χ2v) is 3.48. The molecule has 2 aromatic rings. The van der Waals surface area contributed by atoms with Crippen molar-refractivity contribution in [2.45, 2.75) is 35.1 Å². The van der Waals surface area contributed by atoms with Crippen LogP contribution in [0.1, 0.15) is 29.7 Å². The molecule has 1 aromatic carbocycles. The Labute approximate surface area is 116 Å². The van der Waals surface area contributed by atoms with E-state index in [-0.39, 0.29) is 40.1 Å². The summed E-state index contributed by atoms with van der Waals surface area (Å²) in [6.45, 7) is 8.36. The molecule has 1 heterocycles. The van der Waals surface area contributed by atoms with Crippen molar-refractivity contribution in [3.05, 3.63) is 28.6 Å². The molecular formula is C12H16NOY-. The summed E-state index contributed by atoms with van der Waals surface area (Å²) in [6, 6.07) is 0. The normalized spacial score (nSPS) is 9.60. The zero-order chi connectivity index (χ0) is 9.59. The third-order valence-corrected chi connectivity index (χ3v) is 2.90. The van der Waals surface area contributed by atoms with Gasteiger partial charge in [0.1, 0.15) is 6.39 Å².